The molecule has 0 radical (unpaired) electrons. The van der Waals surface area contributed by atoms with Crippen molar-refractivity contribution in [3.63, 3.8) is 0 Å². The fourth-order valence-corrected chi connectivity index (χ4v) is 5.48. The average molecular weight is 353 g/mol. The predicted octanol–water partition coefficient (Wildman–Crippen LogP) is 3.86. The molecule has 5 rings (SSSR count). The number of nitrogens with one attached hydrogen (secondary N) is 1. The number of hydrogen-bond donors (Lipinski definition) is 1. The van der Waals surface area contributed by atoms with Gasteiger partial charge in [-0.3, -0.25) is 0 Å². The van der Waals surface area contributed by atoms with Gasteiger partial charge in [-0.2, -0.15) is 0 Å². The van der Waals surface area contributed by atoms with Crippen LogP contribution in [0.4, 0.5) is 4.39 Å². The largest absolute Gasteiger partial charge is 0.310 e. The highest BCUT2D eigenvalue weighted by Gasteiger charge is 2.29. The van der Waals surface area contributed by atoms with Gasteiger partial charge >= 0.3 is 0 Å². The van der Waals surface area contributed by atoms with Crippen LogP contribution < -0.4 is 5.32 Å². The zero-order valence-corrected chi connectivity index (χ0v) is 14.9. The summed E-state index contributed by atoms with van der Waals surface area (Å²) in [6.07, 6.45) is 3.28. The Morgan fingerprint density at radius 3 is 2.84 bits per heavy atom. The predicted molar refractivity (Wildman–Crippen MR) is 98.8 cm³/mol. The molecule has 3 aromatic rings. The molecule has 3 nitrogen and oxygen atoms in total. The van der Waals surface area contributed by atoms with Crippen LogP contribution >= 0.6 is 11.3 Å². The Morgan fingerprint density at radius 2 is 2.00 bits per heavy atom. The van der Waals surface area contributed by atoms with Gasteiger partial charge in [0.05, 0.1) is 6.04 Å². The summed E-state index contributed by atoms with van der Waals surface area (Å²) in [6.45, 7) is 3.02. The number of aromatic nitrogens is 1. The monoisotopic (exact) mass is 353 g/mol. The maximum atomic E-state index is 13.3. The first-order chi connectivity index (χ1) is 12.2. The lowest BCUT2D eigenvalue weighted by molar-refractivity contribution is 0.316. The minimum atomic E-state index is -0.190. The maximum Gasteiger partial charge on any atom is 0.123 e. The van der Waals surface area contributed by atoms with Crippen molar-refractivity contribution in [2.24, 2.45) is 0 Å². The van der Waals surface area contributed by atoms with E-state index < -0.39 is 0 Å². The summed E-state index contributed by atoms with van der Waals surface area (Å²) in [4.78, 5) is 3.89. The Labute approximate surface area is 150 Å². The second-order valence-electron chi connectivity index (χ2n) is 6.94. The molecular formula is C20H20FN3S. The number of likely N-dealkylation sites (N-methyl/N-ethyl adjacent to an activating group) is 1. The van der Waals surface area contributed by atoms with Crippen LogP contribution in [-0.2, 0) is 19.5 Å². The Balaban J connectivity index is 1.62. The normalized spacial score (nSPS) is 19.8. The Hall–Kier alpha value is -1.95. The van der Waals surface area contributed by atoms with Gasteiger partial charge in [0, 0.05) is 42.0 Å². The first kappa shape index (κ1) is 15.3. The van der Waals surface area contributed by atoms with Crippen LogP contribution in [0.2, 0.25) is 0 Å². The molecule has 1 N–H and O–H groups in total. The first-order valence-electron chi connectivity index (χ1n) is 8.69. The molecule has 0 bridgehead atoms. The van der Waals surface area contributed by atoms with Crippen LogP contribution in [0.25, 0.3) is 5.00 Å². The van der Waals surface area contributed by atoms with E-state index in [1.807, 2.05) is 23.5 Å². The number of benzene rings is 1. The van der Waals surface area contributed by atoms with E-state index in [0.717, 1.165) is 31.6 Å². The fourth-order valence-electron chi connectivity index (χ4n) is 4.03. The van der Waals surface area contributed by atoms with Gasteiger partial charge in [0.1, 0.15) is 10.8 Å². The second kappa shape index (κ2) is 5.80. The van der Waals surface area contributed by atoms with Gasteiger partial charge in [0.25, 0.3) is 0 Å². The van der Waals surface area contributed by atoms with Crippen molar-refractivity contribution in [1.82, 2.24) is 14.8 Å². The van der Waals surface area contributed by atoms with Crippen LogP contribution in [0.3, 0.4) is 0 Å². The average Bonchev–Trinajstić information content (AvgIpc) is 3.18. The topological polar surface area (TPSA) is 20.2 Å². The molecule has 1 atom stereocenters. The van der Waals surface area contributed by atoms with Gasteiger partial charge in [-0.05, 0) is 48.9 Å². The Bertz CT molecular complexity index is 925. The van der Waals surface area contributed by atoms with E-state index in [0.29, 0.717) is 0 Å². The van der Waals surface area contributed by atoms with Gasteiger partial charge in [-0.25, -0.2) is 4.39 Å². The molecule has 0 spiro atoms. The zero-order valence-electron chi connectivity index (χ0n) is 14.1. The summed E-state index contributed by atoms with van der Waals surface area (Å²) >= 11 is 1.92. The number of rotatable bonds is 1. The number of thiophene rings is 1. The molecule has 128 valence electrons. The molecule has 25 heavy (non-hydrogen) atoms. The molecule has 5 heteroatoms. The lowest BCUT2D eigenvalue weighted by atomic mass is 10.0. The van der Waals surface area contributed by atoms with E-state index in [-0.39, 0.29) is 11.9 Å². The summed E-state index contributed by atoms with van der Waals surface area (Å²) in [5.74, 6) is -0.190. The molecule has 0 saturated heterocycles. The van der Waals surface area contributed by atoms with Gasteiger partial charge < -0.3 is 14.8 Å². The van der Waals surface area contributed by atoms with Gasteiger partial charge in [-0.15, -0.1) is 11.3 Å². The van der Waals surface area contributed by atoms with Crippen LogP contribution in [0.1, 0.15) is 33.3 Å². The van der Waals surface area contributed by atoms with Crippen LogP contribution in [0.5, 0.6) is 0 Å². The minimum absolute atomic E-state index is 0.0807. The van der Waals surface area contributed by atoms with E-state index in [1.54, 1.807) is 12.1 Å². The number of hydrogen-bond acceptors (Lipinski definition) is 3. The molecule has 0 aliphatic carbocycles. The summed E-state index contributed by atoms with van der Waals surface area (Å²) < 4.78 is 15.7. The second-order valence-corrected chi connectivity index (χ2v) is 8.03. The molecule has 2 aliphatic rings. The molecular weight excluding hydrogens is 333 g/mol. The molecule has 0 fully saturated rings. The van der Waals surface area contributed by atoms with Crippen molar-refractivity contribution < 1.29 is 4.39 Å². The molecule has 1 unspecified atom stereocenters. The van der Waals surface area contributed by atoms with Crippen molar-refractivity contribution in [3.8, 4) is 5.00 Å². The SMILES string of the molecule is CN1CCc2c(sc3c2CNC(c2ccc(F)cc2)c2cccn2-3)C1. The van der Waals surface area contributed by atoms with Gasteiger partial charge in [-0.1, -0.05) is 12.1 Å². The van der Waals surface area contributed by atoms with E-state index >= 15 is 0 Å². The summed E-state index contributed by atoms with van der Waals surface area (Å²) in [6, 6.07) is 11.2. The standard InChI is InChI=1S/C20H20FN3S/c1-23-10-8-15-16-11-22-19(13-4-6-14(21)7-5-13)17-3-2-9-24(17)20(16)25-18(15)12-23/h2-7,9,19,22H,8,10-12H2,1H3. The third-order valence-corrected chi connectivity index (χ3v) is 6.58. The first-order valence-corrected chi connectivity index (χ1v) is 9.51. The highest BCUT2D eigenvalue weighted by molar-refractivity contribution is 7.15. The van der Waals surface area contributed by atoms with E-state index in [2.05, 4.69) is 40.2 Å². The third-order valence-electron chi connectivity index (χ3n) is 5.32. The Morgan fingerprint density at radius 1 is 1.16 bits per heavy atom. The Kier molecular flexibility index (Phi) is 3.55. The molecule has 0 saturated carbocycles. The zero-order chi connectivity index (χ0) is 17.0. The number of halogens is 1. The van der Waals surface area contributed by atoms with Crippen LogP contribution in [-0.4, -0.2) is 23.1 Å². The molecule has 4 heterocycles. The van der Waals surface area contributed by atoms with Gasteiger partial charge in [0.15, 0.2) is 0 Å². The van der Waals surface area contributed by atoms with E-state index in [1.165, 1.54) is 26.7 Å². The van der Waals surface area contributed by atoms with Crippen molar-refractivity contribution in [2.75, 3.05) is 13.6 Å². The third kappa shape index (κ3) is 2.46. The van der Waals surface area contributed by atoms with Gasteiger partial charge in [0.2, 0.25) is 0 Å². The lowest BCUT2D eigenvalue weighted by Gasteiger charge is -2.23. The van der Waals surface area contributed by atoms with Crippen LogP contribution in [0.15, 0.2) is 42.6 Å². The highest BCUT2D eigenvalue weighted by atomic mass is 32.1. The quantitative estimate of drug-likeness (QED) is 0.717. The van der Waals surface area contributed by atoms with Crippen molar-refractivity contribution >= 4 is 11.3 Å². The smallest absolute Gasteiger partial charge is 0.123 e. The number of fused-ring (bicyclic) bond motifs is 5. The van der Waals surface area contributed by atoms with Crippen molar-refractivity contribution in [2.45, 2.75) is 25.6 Å². The van der Waals surface area contributed by atoms with E-state index in [4.69, 9.17) is 0 Å². The summed E-state index contributed by atoms with van der Waals surface area (Å²) in [7, 11) is 2.19. The maximum absolute atomic E-state index is 13.3. The van der Waals surface area contributed by atoms with Crippen molar-refractivity contribution in [1.29, 1.82) is 0 Å². The lowest BCUT2D eigenvalue weighted by Crippen LogP contribution is -2.27. The fraction of sp³-hybridized carbons (Fsp3) is 0.300. The molecule has 2 aliphatic heterocycles. The summed E-state index contributed by atoms with van der Waals surface area (Å²) in [5, 5.41) is 5.06. The van der Waals surface area contributed by atoms with Crippen molar-refractivity contribution in [3.05, 3.63) is 75.7 Å². The highest BCUT2D eigenvalue weighted by Crippen LogP contribution is 2.40. The van der Waals surface area contributed by atoms with E-state index in [9.17, 15) is 4.39 Å². The molecule has 1 aromatic carbocycles. The summed E-state index contributed by atoms with van der Waals surface area (Å²) in [5.41, 5.74) is 5.29. The number of nitrogens with zero attached hydrogens (tertiary/aromatic N) is 2. The molecule has 0 amide bonds. The minimum Gasteiger partial charge on any atom is -0.310 e. The van der Waals surface area contributed by atoms with Crippen LogP contribution in [0, 0.1) is 5.82 Å². The molecule has 2 aromatic heterocycles.